The van der Waals surface area contributed by atoms with Crippen molar-refractivity contribution in [2.24, 2.45) is 5.92 Å². The maximum Gasteiger partial charge on any atom is 0.309 e. The first-order valence-electron chi connectivity index (χ1n) is 8.49. The molecule has 2 heterocycles. The van der Waals surface area contributed by atoms with Crippen LogP contribution in [-0.2, 0) is 17.9 Å². The van der Waals surface area contributed by atoms with Gasteiger partial charge in [-0.2, -0.15) is 5.26 Å². The number of nitrogens with zero attached hydrogens (tertiary/aromatic N) is 3. The van der Waals surface area contributed by atoms with Gasteiger partial charge in [-0.25, -0.2) is 0 Å². The summed E-state index contributed by atoms with van der Waals surface area (Å²) in [6.07, 6.45) is 1.61. The number of ether oxygens (including phenoxy) is 1. The highest BCUT2D eigenvalue weighted by molar-refractivity contribution is 5.71. The van der Waals surface area contributed by atoms with Crippen molar-refractivity contribution in [2.75, 3.05) is 13.1 Å². The van der Waals surface area contributed by atoms with Gasteiger partial charge in [-0.3, -0.25) is 14.7 Å². The van der Waals surface area contributed by atoms with Crippen LogP contribution in [0.25, 0.3) is 0 Å². The zero-order valence-electron chi connectivity index (χ0n) is 14.9. The Morgan fingerprint density at radius 2 is 2.12 bits per heavy atom. The monoisotopic (exact) mass is 351 g/mol. The molecule has 0 bridgehead atoms. The lowest BCUT2D eigenvalue weighted by Crippen LogP contribution is -2.49. The lowest BCUT2D eigenvalue weighted by atomic mass is 9.97. The Hall–Kier alpha value is -2.91. The molecule has 134 valence electrons. The van der Waals surface area contributed by atoms with Crippen LogP contribution in [0.1, 0.15) is 27.9 Å². The number of hydrogen-bond acceptors (Lipinski definition) is 5. The van der Waals surface area contributed by atoms with Crippen LogP contribution in [-0.4, -0.2) is 34.0 Å². The number of hydrogen-bond donors (Lipinski definition) is 1. The Kier molecular flexibility index (Phi) is 5.19. The second kappa shape index (κ2) is 7.54. The van der Waals surface area contributed by atoms with Crippen molar-refractivity contribution >= 4 is 5.97 Å². The van der Waals surface area contributed by atoms with Gasteiger partial charge in [0, 0.05) is 25.8 Å². The van der Waals surface area contributed by atoms with Gasteiger partial charge in [-0.1, -0.05) is 6.07 Å². The number of likely N-dealkylation sites (tertiary alicyclic amines) is 1. The van der Waals surface area contributed by atoms with Crippen LogP contribution >= 0.6 is 0 Å². The number of rotatable bonds is 6. The zero-order chi connectivity index (χ0) is 18.7. The molecule has 0 spiro atoms. The SMILES string of the molecule is Cc1cc(OCc2cc(C#N)ccn2)c(C)cc1CN1CC(C(=O)O)C1. The van der Waals surface area contributed by atoms with Crippen molar-refractivity contribution in [1.82, 2.24) is 9.88 Å². The molecule has 1 aliphatic rings. The van der Waals surface area contributed by atoms with E-state index < -0.39 is 5.97 Å². The lowest BCUT2D eigenvalue weighted by molar-refractivity contribution is -0.147. The largest absolute Gasteiger partial charge is 0.487 e. The molecule has 2 aromatic rings. The predicted octanol–water partition coefficient (Wildman–Crippen LogP) is 2.67. The Balaban J connectivity index is 1.64. The molecule has 6 heteroatoms. The molecule has 1 saturated heterocycles. The average Bonchev–Trinajstić information content (AvgIpc) is 2.58. The molecule has 0 radical (unpaired) electrons. The molecule has 1 aromatic heterocycles. The van der Waals surface area contributed by atoms with Gasteiger partial charge in [0.15, 0.2) is 0 Å². The summed E-state index contributed by atoms with van der Waals surface area (Å²) in [5.41, 5.74) is 4.60. The fourth-order valence-corrected chi connectivity index (χ4v) is 3.05. The summed E-state index contributed by atoms with van der Waals surface area (Å²) in [5, 5.41) is 17.9. The van der Waals surface area contributed by atoms with Crippen LogP contribution < -0.4 is 4.74 Å². The van der Waals surface area contributed by atoms with Crippen molar-refractivity contribution in [3.63, 3.8) is 0 Å². The molecule has 3 rings (SSSR count). The molecular formula is C20H21N3O3. The van der Waals surface area contributed by atoms with E-state index in [2.05, 4.69) is 22.0 Å². The van der Waals surface area contributed by atoms with Gasteiger partial charge in [-0.05, 0) is 48.7 Å². The summed E-state index contributed by atoms with van der Waals surface area (Å²) in [7, 11) is 0. The summed E-state index contributed by atoms with van der Waals surface area (Å²) >= 11 is 0. The van der Waals surface area contributed by atoms with Crippen LogP contribution in [0.4, 0.5) is 0 Å². The first kappa shape index (κ1) is 17.9. The second-order valence-electron chi connectivity index (χ2n) is 6.71. The van der Waals surface area contributed by atoms with Gasteiger partial charge in [-0.15, -0.1) is 0 Å². The van der Waals surface area contributed by atoms with Crippen LogP contribution in [0.3, 0.4) is 0 Å². The summed E-state index contributed by atoms with van der Waals surface area (Å²) in [6, 6.07) is 9.58. The molecule has 1 fully saturated rings. The minimum atomic E-state index is -0.716. The maximum atomic E-state index is 10.9. The number of pyridine rings is 1. The first-order valence-corrected chi connectivity index (χ1v) is 8.49. The van der Waals surface area contributed by atoms with E-state index in [4.69, 9.17) is 15.1 Å². The minimum Gasteiger partial charge on any atom is -0.487 e. The van der Waals surface area contributed by atoms with E-state index in [1.807, 2.05) is 19.9 Å². The van der Waals surface area contributed by atoms with Crippen molar-refractivity contribution < 1.29 is 14.6 Å². The van der Waals surface area contributed by atoms with Gasteiger partial charge < -0.3 is 9.84 Å². The number of benzene rings is 1. The second-order valence-corrected chi connectivity index (χ2v) is 6.71. The lowest BCUT2D eigenvalue weighted by Gasteiger charge is -2.37. The average molecular weight is 351 g/mol. The summed E-state index contributed by atoms with van der Waals surface area (Å²) < 4.78 is 5.89. The molecule has 0 atom stereocenters. The zero-order valence-corrected chi connectivity index (χ0v) is 14.9. The number of carbonyl (C=O) groups is 1. The smallest absolute Gasteiger partial charge is 0.309 e. The van der Waals surface area contributed by atoms with Crippen LogP contribution in [0.15, 0.2) is 30.5 Å². The Morgan fingerprint density at radius 1 is 1.35 bits per heavy atom. The van der Waals surface area contributed by atoms with Gasteiger partial charge in [0.25, 0.3) is 0 Å². The van der Waals surface area contributed by atoms with Crippen molar-refractivity contribution in [1.29, 1.82) is 5.26 Å². The van der Waals surface area contributed by atoms with E-state index >= 15 is 0 Å². The van der Waals surface area contributed by atoms with E-state index in [1.54, 1.807) is 18.3 Å². The standard InChI is InChI=1S/C20H21N3O3/c1-13-6-19(26-12-18-7-15(8-21)3-4-22-18)14(2)5-16(13)9-23-10-17(11-23)20(24)25/h3-7,17H,9-12H2,1-2H3,(H,24,25). The molecule has 0 unspecified atom stereocenters. The highest BCUT2D eigenvalue weighted by Gasteiger charge is 2.32. The fraction of sp³-hybridized carbons (Fsp3) is 0.350. The predicted molar refractivity (Wildman–Crippen MR) is 95.6 cm³/mol. The molecule has 1 aliphatic heterocycles. The first-order chi connectivity index (χ1) is 12.5. The summed E-state index contributed by atoms with van der Waals surface area (Å²) in [5.74, 6) is -0.162. The highest BCUT2D eigenvalue weighted by Crippen LogP contribution is 2.27. The normalized spacial score (nSPS) is 14.5. The molecule has 26 heavy (non-hydrogen) atoms. The van der Waals surface area contributed by atoms with Gasteiger partial charge in [0.1, 0.15) is 12.4 Å². The van der Waals surface area contributed by atoms with E-state index in [0.717, 1.165) is 23.4 Å². The quantitative estimate of drug-likeness (QED) is 0.861. The third-order valence-electron chi connectivity index (χ3n) is 4.66. The van der Waals surface area contributed by atoms with E-state index in [9.17, 15) is 4.79 Å². The van der Waals surface area contributed by atoms with Gasteiger partial charge in [0.05, 0.1) is 23.2 Å². The van der Waals surface area contributed by atoms with Crippen LogP contribution in [0, 0.1) is 31.1 Å². The number of aliphatic carboxylic acids is 1. The van der Waals surface area contributed by atoms with E-state index in [-0.39, 0.29) is 5.92 Å². The number of carboxylic acid groups (broad SMARTS) is 1. The molecule has 1 aromatic carbocycles. The third-order valence-corrected chi connectivity index (χ3v) is 4.66. The number of aromatic nitrogens is 1. The molecule has 0 aliphatic carbocycles. The minimum absolute atomic E-state index is 0.240. The third kappa shape index (κ3) is 4.01. The fourth-order valence-electron chi connectivity index (χ4n) is 3.05. The molecule has 6 nitrogen and oxygen atoms in total. The Morgan fingerprint density at radius 3 is 2.81 bits per heavy atom. The van der Waals surface area contributed by atoms with Crippen molar-refractivity contribution in [3.05, 3.63) is 58.4 Å². The van der Waals surface area contributed by atoms with Gasteiger partial charge in [0.2, 0.25) is 0 Å². The van der Waals surface area contributed by atoms with Crippen LogP contribution in [0.2, 0.25) is 0 Å². The Bertz CT molecular complexity index is 867. The Labute approximate surface area is 152 Å². The van der Waals surface area contributed by atoms with E-state index in [1.165, 1.54) is 5.56 Å². The maximum absolute atomic E-state index is 10.9. The molecular weight excluding hydrogens is 330 g/mol. The van der Waals surface area contributed by atoms with Crippen LogP contribution in [0.5, 0.6) is 5.75 Å². The highest BCUT2D eigenvalue weighted by atomic mass is 16.5. The molecule has 0 amide bonds. The number of carboxylic acids is 1. The molecule has 1 N–H and O–H groups in total. The topological polar surface area (TPSA) is 86.5 Å². The van der Waals surface area contributed by atoms with E-state index in [0.29, 0.717) is 31.0 Å². The molecule has 0 saturated carbocycles. The van der Waals surface area contributed by atoms with Crippen molar-refractivity contribution in [3.8, 4) is 11.8 Å². The number of nitriles is 1. The number of aryl methyl sites for hydroxylation is 2. The van der Waals surface area contributed by atoms with Gasteiger partial charge >= 0.3 is 5.97 Å². The summed E-state index contributed by atoms with van der Waals surface area (Å²) in [4.78, 5) is 17.3. The van der Waals surface area contributed by atoms with Crippen molar-refractivity contribution in [2.45, 2.75) is 27.0 Å². The summed E-state index contributed by atoms with van der Waals surface area (Å²) in [6.45, 7) is 6.29.